The summed E-state index contributed by atoms with van der Waals surface area (Å²) in [5.74, 6) is 2.05. The Labute approximate surface area is 138 Å². The Bertz CT molecular complexity index is 491. The molecule has 0 heterocycles. The van der Waals surface area contributed by atoms with Crippen LogP contribution in [0.15, 0.2) is 12.1 Å². The van der Waals surface area contributed by atoms with Crippen LogP contribution in [-0.4, -0.2) is 5.11 Å². The number of hydrogen-bond donors (Lipinski definition) is 1. The molecule has 1 fully saturated rings. The minimum atomic E-state index is -0.0257. The van der Waals surface area contributed by atoms with Gasteiger partial charge < -0.3 is 5.11 Å². The lowest BCUT2D eigenvalue weighted by Crippen LogP contribution is -2.19. The lowest BCUT2D eigenvalue weighted by atomic mass is 9.74. The summed E-state index contributed by atoms with van der Waals surface area (Å²) in [5.41, 5.74) is 3.60. The summed E-state index contributed by atoms with van der Waals surface area (Å²) in [6.45, 7) is 15.5. The Hall–Kier alpha value is -0.980. The molecule has 0 radical (unpaired) electrons. The molecule has 1 aliphatic carbocycles. The van der Waals surface area contributed by atoms with Crippen LogP contribution in [0.4, 0.5) is 0 Å². The van der Waals surface area contributed by atoms with Crippen molar-refractivity contribution >= 4 is 0 Å². The summed E-state index contributed by atoms with van der Waals surface area (Å²) in [6.07, 6.45) is 5.25. The van der Waals surface area contributed by atoms with Gasteiger partial charge >= 0.3 is 0 Å². The lowest BCUT2D eigenvalue weighted by Gasteiger charge is -2.32. The van der Waals surface area contributed by atoms with Crippen molar-refractivity contribution in [1.29, 1.82) is 0 Å². The fourth-order valence-electron chi connectivity index (χ4n) is 3.63. The van der Waals surface area contributed by atoms with Crippen LogP contribution in [0.2, 0.25) is 0 Å². The molecule has 1 aromatic rings. The van der Waals surface area contributed by atoms with Crippen molar-refractivity contribution in [1.82, 2.24) is 0 Å². The van der Waals surface area contributed by atoms with Crippen LogP contribution in [0.25, 0.3) is 0 Å². The molecule has 1 N–H and O–H groups in total. The third-order valence-electron chi connectivity index (χ3n) is 5.24. The molecule has 0 bridgehead atoms. The first-order chi connectivity index (χ1) is 10.00. The fourth-order valence-corrected chi connectivity index (χ4v) is 3.63. The van der Waals surface area contributed by atoms with Gasteiger partial charge in [0.25, 0.3) is 0 Å². The number of phenolic OH excluding ortho intramolecular Hbond substituents is 1. The van der Waals surface area contributed by atoms with Crippen LogP contribution in [-0.2, 0) is 10.8 Å². The lowest BCUT2D eigenvalue weighted by molar-refractivity contribution is 0.346. The first kappa shape index (κ1) is 17.4. The SMILES string of the molecule is CC1CCC(c2cc(C(C)(C)C)c(O)c(C(C)(C)C)c2)CC1.[HH]. The van der Waals surface area contributed by atoms with E-state index in [-0.39, 0.29) is 12.3 Å². The molecule has 0 atom stereocenters. The molecular formula is C21H36O. The van der Waals surface area contributed by atoms with Crippen molar-refractivity contribution in [2.75, 3.05) is 0 Å². The monoisotopic (exact) mass is 304 g/mol. The summed E-state index contributed by atoms with van der Waals surface area (Å²) in [7, 11) is 0. The van der Waals surface area contributed by atoms with Crippen molar-refractivity contribution in [3.05, 3.63) is 28.8 Å². The smallest absolute Gasteiger partial charge is 0.123 e. The summed E-state index contributed by atoms with van der Waals surface area (Å²) in [6, 6.07) is 4.57. The predicted octanol–water partition coefficient (Wildman–Crippen LogP) is 6.53. The van der Waals surface area contributed by atoms with Gasteiger partial charge in [0.05, 0.1) is 0 Å². The fraction of sp³-hybridized carbons (Fsp3) is 0.714. The van der Waals surface area contributed by atoms with Crippen LogP contribution >= 0.6 is 0 Å². The van der Waals surface area contributed by atoms with E-state index in [1.807, 2.05) is 0 Å². The van der Waals surface area contributed by atoms with Crippen molar-refractivity contribution < 1.29 is 6.53 Å². The van der Waals surface area contributed by atoms with Crippen LogP contribution < -0.4 is 0 Å². The van der Waals surface area contributed by atoms with E-state index < -0.39 is 0 Å². The quantitative estimate of drug-likeness (QED) is 0.625. The molecule has 0 unspecified atom stereocenters. The number of aromatic hydroxyl groups is 1. The highest BCUT2D eigenvalue weighted by Crippen LogP contribution is 2.44. The molecule has 1 aliphatic rings. The average molecular weight is 305 g/mol. The number of benzene rings is 1. The first-order valence-corrected chi connectivity index (χ1v) is 8.88. The Morgan fingerprint density at radius 1 is 0.864 bits per heavy atom. The third-order valence-corrected chi connectivity index (χ3v) is 5.24. The van der Waals surface area contributed by atoms with Gasteiger partial charge in [0.2, 0.25) is 0 Å². The summed E-state index contributed by atoms with van der Waals surface area (Å²) in [4.78, 5) is 0. The number of phenols is 1. The normalized spacial score (nSPS) is 23.6. The minimum absolute atomic E-state index is 0. The number of hydrogen-bond acceptors (Lipinski definition) is 1. The van der Waals surface area contributed by atoms with Gasteiger partial charge in [-0.1, -0.05) is 73.4 Å². The highest BCUT2D eigenvalue weighted by molar-refractivity contribution is 5.50. The van der Waals surface area contributed by atoms with E-state index in [2.05, 4.69) is 60.6 Å². The molecule has 0 spiro atoms. The standard InChI is InChI=1S/C21H34O.H2/c1-14-8-10-15(11-9-14)16-12-17(20(2,3)4)19(22)18(13-16)21(5,6)7;/h12-15,22H,8-11H2,1-7H3;1H. The molecule has 1 saturated carbocycles. The highest BCUT2D eigenvalue weighted by Gasteiger charge is 2.29. The molecule has 22 heavy (non-hydrogen) atoms. The highest BCUT2D eigenvalue weighted by atomic mass is 16.3. The minimum Gasteiger partial charge on any atom is -0.507 e. The zero-order valence-corrected chi connectivity index (χ0v) is 15.6. The van der Waals surface area contributed by atoms with Crippen molar-refractivity contribution in [2.24, 2.45) is 5.92 Å². The van der Waals surface area contributed by atoms with E-state index in [0.717, 1.165) is 17.0 Å². The Morgan fingerprint density at radius 2 is 1.27 bits per heavy atom. The molecule has 2 rings (SSSR count). The second-order valence-corrected chi connectivity index (χ2v) is 9.42. The van der Waals surface area contributed by atoms with E-state index in [9.17, 15) is 5.11 Å². The second-order valence-electron chi connectivity index (χ2n) is 9.42. The zero-order valence-electron chi connectivity index (χ0n) is 15.6. The molecule has 0 aromatic heterocycles. The summed E-state index contributed by atoms with van der Waals surface area (Å²) < 4.78 is 0. The van der Waals surface area contributed by atoms with Gasteiger partial charge in [-0.15, -0.1) is 0 Å². The molecule has 126 valence electrons. The second kappa shape index (κ2) is 5.91. The summed E-state index contributed by atoms with van der Waals surface area (Å²) in [5, 5.41) is 10.8. The Balaban J connectivity index is 0.00000264. The molecule has 1 heteroatoms. The Kier molecular flexibility index (Phi) is 4.66. The van der Waals surface area contributed by atoms with Crippen LogP contribution in [0, 0.1) is 5.92 Å². The van der Waals surface area contributed by atoms with E-state index in [0.29, 0.717) is 11.7 Å². The molecular weight excluding hydrogens is 268 g/mol. The van der Waals surface area contributed by atoms with Gasteiger partial charge in [0.15, 0.2) is 0 Å². The van der Waals surface area contributed by atoms with Crippen molar-refractivity contribution in [2.45, 2.75) is 90.9 Å². The van der Waals surface area contributed by atoms with Gasteiger partial charge in [-0.3, -0.25) is 0 Å². The predicted molar refractivity (Wildman–Crippen MR) is 98.0 cm³/mol. The van der Waals surface area contributed by atoms with Crippen molar-refractivity contribution in [3.8, 4) is 5.75 Å². The summed E-state index contributed by atoms with van der Waals surface area (Å²) >= 11 is 0. The largest absolute Gasteiger partial charge is 0.507 e. The maximum Gasteiger partial charge on any atom is 0.123 e. The van der Waals surface area contributed by atoms with Crippen LogP contribution in [0.5, 0.6) is 5.75 Å². The topological polar surface area (TPSA) is 20.2 Å². The van der Waals surface area contributed by atoms with Crippen LogP contribution in [0.3, 0.4) is 0 Å². The van der Waals surface area contributed by atoms with Gasteiger partial charge in [0, 0.05) is 1.43 Å². The zero-order chi connectivity index (χ0) is 16.7. The average Bonchev–Trinajstić information content (AvgIpc) is 2.37. The molecule has 0 saturated heterocycles. The van der Waals surface area contributed by atoms with E-state index in [1.54, 1.807) is 0 Å². The molecule has 0 amide bonds. The molecule has 0 aliphatic heterocycles. The molecule has 1 aromatic carbocycles. The molecule has 1 nitrogen and oxygen atoms in total. The third kappa shape index (κ3) is 3.67. The van der Waals surface area contributed by atoms with E-state index in [4.69, 9.17) is 0 Å². The van der Waals surface area contributed by atoms with Gasteiger partial charge in [-0.2, -0.15) is 0 Å². The maximum atomic E-state index is 10.8. The van der Waals surface area contributed by atoms with Gasteiger partial charge in [-0.25, -0.2) is 0 Å². The maximum absolute atomic E-state index is 10.8. The van der Waals surface area contributed by atoms with E-state index in [1.165, 1.54) is 31.2 Å². The Morgan fingerprint density at radius 3 is 1.64 bits per heavy atom. The van der Waals surface area contributed by atoms with Crippen molar-refractivity contribution in [3.63, 3.8) is 0 Å². The number of rotatable bonds is 1. The van der Waals surface area contributed by atoms with Gasteiger partial charge in [0.1, 0.15) is 5.75 Å². The van der Waals surface area contributed by atoms with E-state index >= 15 is 0 Å². The van der Waals surface area contributed by atoms with Crippen LogP contribution in [0.1, 0.15) is 98.2 Å². The van der Waals surface area contributed by atoms with Gasteiger partial charge in [-0.05, 0) is 52.2 Å². The first-order valence-electron chi connectivity index (χ1n) is 8.88.